The zero-order chi connectivity index (χ0) is 19.5. The van der Waals surface area contributed by atoms with Crippen molar-refractivity contribution in [1.82, 2.24) is 5.32 Å². The number of unbranched alkanes of at least 4 members (excludes halogenated alkanes) is 4. The molecule has 0 amide bonds. The average Bonchev–Trinajstić information content (AvgIpc) is 2.67. The first-order valence-corrected chi connectivity index (χ1v) is 10.8. The Morgan fingerprint density at radius 3 is 2.63 bits per heavy atom. The standard InChI is InChI=1S/C22H29BrClNO2/c1-3-4-5-6-7-13-25-15-19-20(23)11-12-21(26-2)22(19)27-16-17-9-8-10-18(24)14-17/h8-12,14,25H,3-7,13,15-16H2,1-2H3. The van der Waals surface area contributed by atoms with Crippen LogP contribution in [-0.4, -0.2) is 13.7 Å². The number of benzene rings is 2. The summed E-state index contributed by atoms with van der Waals surface area (Å²) >= 11 is 9.73. The Balaban J connectivity index is 2.00. The number of nitrogens with one attached hydrogen (secondary N) is 1. The Kier molecular flexibility index (Phi) is 10.0. The molecule has 0 spiro atoms. The smallest absolute Gasteiger partial charge is 0.167 e. The van der Waals surface area contributed by atoms with Crippen LogP contribution >= 0.6 is 27.5 Å². The summed E-state index contributed by atoms with van der Waals surface area (Å²) < 4.78 is 12.7. The van der Waals surface area contributed by atoms with E-state index in [2.05, 4.69) is 28.2 Å². The Bertz CT molecular complexity index is 709. The largest absolute Gasteiger partial charge is 0.493 e. The number of ether oxygens (including phenoxy) is 2. The molecule has 0 aromatic heterocycles. The lowest BCUT2D eigenvalue weighted by atomic mass is 10.1. The van der Waals surface area contributed by atoms with Gasteiger partial charge in [-0.05, 0) is 42.8 Å². The molecule has 0 aliphatic rings. The van der Waals surface area contributed by atoms with Crippen LogP contribution in [0.1, 0.15) is 50.2 Å². The number of hydrogen-bond acceptors (Lipinski definition) is 3. The number of methoxy groups -OCH3 is 1. The van der Waals surface area contributed by atoms with E-state index in [-0.39, 0.29) is 0 Å². The van der Waals surface area contributed by atoms with E-state index in [1.165, 1.54) is 32.1 Å². The molecule has 148 valence electrons. The van der Waals surface area contributed by atoms with Crippen LogP contribution in [0.5, 0.6) is 11.5 Å². The molecule has 2 rings (SSSR count). The zero-order valence-electron chi connectivity index (χ0n) is 16.2. The summed E-state index contributed by atoms with van der Waals surface area (Å²) in [4.78, 5) is 0. The van der Waals surface area contributed by atoms with E-state index in [1.54, 1.807) is 7.11 Å². The fourth-order valence-electron chi connectivity index (χ4n) is 2.92. The van der Waals surface area contributed by atoms with Crippen LogP contribution in [0.4, 0.5) is 0 Å². The van der Waals surface area contributed by atoms with Gasteiger partial charge in [0.05, 0.1) is 7.11 Å². The Hall–Kier alpha value is -1.23. The summed E-state index contributed by atoms with van der Waals surface area (Å²) in [7, 11) is 1.67. The van der Waals surface area contributed by atoms with Crippen LogP contribution in [0.25, 0.3) is 0 Å². The molecule has 0 unspecified atom stereocenters. The van der Waals surface area contributed by atoms with Gasteiger partial charge in [0, 0.05) is 21.6 Å². The molecule has 0 saturated heterocycles. The van der Waals surface area contributed by atoms with E-state index >= 15 is 0 Å². The first kappa shape index (κ1) is 22.1. The second-order valence-electron chi connectivity index (χ2n) is 6.57. The van der Waals surface area contributed by atoms with Crippen LogP contribution in [0.15, 0.2) is 40.9 Å². The van der Waals surface area contributed by atoms with E-state index in [0.29, 0.717) is 11.6 Å². The monoisotopic (exact) mass is 453 g/mol. The summed E-state index contributed by atoms with van der Waals surface area (Å²) in [6.45, 7) is 4.42. The maximum atomic E-state index is 6.14. The number of hydrogen-bond donors (Lipinski definition) is 1. The molecule has 0 bridgehead atoms. The Morgan fingerprint density at radius 1 is 1.07 bits per heavy atom. The highest BCUT2D eigenvalue weighted by Gasteiger charge is 2.14. The minimum atomic E-state index is 0.442. The third-order valence-electron chi connectivity index (χ3n) is 4.42. The van der Waals surface area contributed by atoms with Gasteiger partial charge in [-0.1, -0.05) is 72.3 Å². The third kappa shape index (κ3) is 7.36. The van der Waals surface area contributed by atoms with Crippen molar-refractivity contribution >= 4 is 27.5 Å². The van der Waals surface area contributed by atoms with Gasteiger partial charge in [-0.15, -0.1) is 0 Å². The highest BCUT2D eigenvalue weighted by Crippen LogP contribution is 2.36. The lowest BCUT2D eigenvalue weighted by molar-refractivity contribution is 0.280. The first-order valence-electron chi connectivity index (χ1n) is 9.59. The minimum Gasteiger partial charge on any atom is -0.493 e. The zero-order valence-corrected chi connectivity index (χ0v) is 18.5. The lowest BCUT2D eigenvalue weighted by Crippen LogP contribution is -2.16. The summed E-state index contributed by atoms with van der Waals surface area (Å²) in [5.74, 6) is 1.50. The summed E-state index contributed by atoms with van der Waals surface area (Å²) in [6.07, 6.45) is 6.38. The quantitative estimate of drug-likeness (QED) is 0.360. The van der Waals surface area contributed by atoms with Crippen LogP contribution in [0, 0.1) is 0 Å². The molecule has 3 nitrogen and oxygen atoms in total. The molecule has 0 saturated carbocycles. The SMILES string of the molecule is CCCCCCCNCc1c(Br)ccc(OC)c1OCc1cccc(Cl)c1. The predicted molar refractivity (Wildman–Crippen MR) is 117 cm³/mol. The highest BCUT2D eigenvalue weighted by atomic mass is 79.9. The van der Waals surface area contributed by atoms with Gasteiger partial charge in [-0.3, -0.25) is 0 Å². The van der Waals surface area contributed by atoms with Crippen molar-refractivity contribution in [2.45, 2.75) is 52.2 Å². The minimum absolute atomic E-state index is 0.442. The molecule has 2 aromatic rings. The van der Waals surface area contributed by atoms with Crippen molar-refractivity contribution in [3.63, 3.8) is 0 Å². The van der Waals surface area contributed by atoms with E-state index in [9.17, 15) is 0 Å². The number of rotatable bonds is 12. The van der Waals surface area contributed by atoms with Crippen LogP contribution in [0.3, 0.4) is 0 Å². The van der Waals surface area contributed by atoms with Gasteiger partial charge in [-0.2, -0.15) is 0 Å². The molecule has 0 aliphatic carbocycles. The van der Waals surface area contributed by atoms with Crippen molar-refractivity contribution in [1.29, 1.82) is 0 Å². The molecule has 0 heterocycles. The maximum absolute atomic E-state index is 6.14. The van der Waals surface area contributed by atoms with Crippen LogP contribution in [0.2, 0.25) is 5.02 Å². The summed E-state index contributed by atoms with van der Waals surface area (Å²) in [5.41, 5.74) is 2.10. The normalized spacial score (nSPS) is 10.8. The molecule has 0 fully saturated rings. The Morgan fingerprint density at radius 2 is 1.89 bits per heavy atom. The predicted octanol–water partition coefficient (Wildman–Crippen LogP) is 6.75. The van der Waals surface area contributed by atoms with Crippen molar-refractivity contribution < 1.29 is 9.47 Å². The van der Waals surface area contributed by atoms with Gasteiger partial charge < -0.3 is 14.8 Å². The fourth-order valence-corrected chi connectivity index (χ4v) is 3.58. The van der Waals surface area contributed by atoms with Crippen LogP contribution < -0.4 is 14.8 Å². The maximum Gasteiger partial charge on any atom is 0.167 e. The second kappa shape index (κ2) is 12.3. The van der Waals surface area contributed by atoms with Gasteiger partial charge in [0.1, 0.15) is 6.61 Å². The third-order valence-corrected chi connectivity index (χ3v) is 5.40. The van der Waals surface area contributed by atoms with Gasteiger partial charge in [0.15, 0.2) is 11.5 Å². The molecular weight excluding hydrogens is 426 g/mol. The van der Waals surface area contributed by atoms with Crippen molar-refractivity contribution in [2.24, 2.45) is 0 Å². The van der Waals surface area contributed by atoms with E-state index in [0.717, 1.165) is 40.2 Å². The summed E-state index contributed by atoms with van der Waals surface area (Å²) in [6, 6.07) is 11.6. The van der Waals surface area contributed by atoms with Crippen molar-refractivity contribution in [3.05, 3.63) is 57.0 Å². The van der Waals surface area contributed by atoms with Crippen molar-refractivity contribution in [2.75, 3.05) is 13.7 Å². The topological polar surface area (TPSA) is 30.5 Å². The first-order chi connectivity index (χ1) is 13.2. The molecule has 2 aromatic carbocycles. The molecular formula is C22H29BrClNO2. The molecule has 0 radical (unpaired) electrons. The van der Waals surface area contributed by atoms with Gasteiger partial charge in [0.25, 0.3) is 0 Å². The Labute approximate surface area is 176 Å². The highest BCUT2D eigenvalue weighted by molar-refractivity contribution is 9.10. The van der Waals surface area contributed by atoms with E-state index in [1.807, 2.05) is 36.4 Å². The number of halogens is 2. The van der Waals surface area contributed by atoms with Gasteiger partial charge >= 0.3 is 0 Å². The van der Waals surface area contributed by atoms with Crippen molar-refractivity contribution in [3.8, 4) is 11.5 Å². The van der Waals surface area contributed by atoms with Gasteiger partial charge in [-0.25, -0.2) is 0 Å². The van der Waals surface area contributed by atoms with Crippen LogP contribution in [-0.2, 0) is 13.2 Å². The molecule has 1 N–H and O–H groups in total. The molecule has 5 heteroatoms. The lowest BCUT2D eigenvalue weighted by Gasteiger charge is -2.17. The molecule has 0 atom stereocenters. The summed E-state index contributed by atoms with van der Waals surface area (Å²) in [5, 5.41) is 4.24. The van der Waals surface area contributed by atoms with E-state index in [4.69, 9.17) is 21.1 Å². The molecule has 27 heavy (non-hydrogen) atoms. The van der Waals surface area contributed by atoms with Gasteiger partial charge in [0.2, 0.25) is 0 Å². The molecule has 0 aliphatic heterocycles. The fraction of sp³-hybridized carbons (Fsp3) is 0.455. The average molecular weight is 455 g/mol. The second-order valence-corrected chi connectivity index (χ2v) is 7.86. The van der Waals surface area contributed by atoms with E-state index < -0.39 is 0 Å².